The molecule has 1 heterocycles. The molecule has 0 aromatic heterocycles. The Kier molecular flexibility index (Phi) is 3.17. The maximum absolute atomic E-state index is 12.8. The van der Waals surface area contributed by atoms with E-state index >= 15 is 0 Å². The lowest BCUT2D eigenvalue weighted by Gasteiger charge is -2.40. The summed E-state index contributed by atoms with van der Waals surface area (Å²) in [5, 5.41) is 3.46. The van der Waals surface area contributed by atoms with Crippen LogP contribution in [0.15, 0.2) is 24.3 Å². The van der Waals surface area contributed by atoms with Gasteiger partial charge in [-0.3, -0.25) is 0 Å². The van der Waals surface area contributed by atoms with Crippen molar-refractivity contribution in [3.05, 3.63) is 29.8 Å². The highest BCUT2D eigenvalue weighted by molar-refractivity contribution is 5.51. The Labute approximate surface area is 110 Å². The van der Waals surface area contributed by atoms with Gasteiger partial charge in [-0.2, -0.15) is 13.2 Å². The minimum Gasteiger partial charge on any atom is -0.366 e. The highest BCUT2D eigenvalue weighted by Crippen LogP contribution is 2.35. The molecule has 19 heavy (non-hydrogen) atoms. The first-order valence-electron chi connectivity index (χ1n) is 6.73. The number of halogens is 3. The van der Waals surface area contributed by atoms with Gasteiger partial charge in [0, 0.05) is 30.9 Å². The van der Waals surface area contributed by atoms with Crippen LogP contribution in [0.5, 0.6) is 0 Å². The van der Waals surface area contributed by atoms with E-state index in [0.717, 1.165) is 38.4 Å². The largest absolute Gasteiger partial charge is 0.416 e. The zero-order valence-electron chi connectivity index (χ0n) is 10.6. The van der Waals surface area contributed by atoms with Gasteiger partial charge in [-0.1, -0.05) is 6.07 Å². The Morgan fingerprint density at radius 1 is 1.21 bits per heavy atom. The molecule has 1 aromatic rings. The fourth-order valence-electron chi connectivity index (χ4n) is 3.27. The zero-order valence-corrected chi connectivity index (χ0v) is 10.6. The molecular weight excluding hydrogens is 253 g/mol. The van der Waals surface area contributed by atoms with Crippen LogP contribution in [0.4, 0.5) is 18.9 Å². The van der Waals surface area contributed by atoms with Crippen molar-refractivity contribution in [2.75, 3.05) is 18.0 Å². The first-order valence-corrected chi connectivity index (χ1v) is 6.73. The monoisotopic (exact) mass is 270 g/mol. The van der Waals surface area contributed by atoms with Gasteiger partial charge in [-0.05, 0) is 37.5 Å². The van der Waals surface area contributed by atoms with Gasteiger partial charge in [0.25, 0.3) is 0 Å². The second kappa shape index (κ2) is 4.71. The van der Waals surface area contributed by atoms with E-state index in [0.29, 0.717) is 17.8 Å². The smallest absolute Gasteiger partial charge is 0.366 e. The molecule has 2 unspecified atom stereocenters. The van der Waals surface area contributed by atoms with Gasteiger partial charge in [-0.15, -0.1) is 0 Å². The van der Waals surface area contributed by atoms with Gasteiger partial charge in [-0.25, -0.2) is 0 Å². The predicted octanol–water partition coefficient (Wildman–Crippen LogP) is 3.04. The van der Waals surface area contributed by atoms with Crippen LogP contribution in [0.25, 0.3) is 0 Å². The summed E-state index contributed by atoms with van der Waals surface area (Å²) in [5.41, 5.74) is 0.145. The van der Waals surface area contributed by atoms with Crippen LogP contribution in [0.1, 0.15) is 24.8 Å². The molecule has 0 bridgehead atoms. The highest BCUT2D eigenvalue weighted by atomic mass is 19.4. The third-order valence-electron chi connectivity index (χ3n) is 4.14. The molecule has 5 heteroatoms. The normalized spacial score (nSPS) is 27.4. The van der Waals surface area contributed by atoms with Crippen LogP contribution in [0.3, 0.4) is 0 Å². The van der Waals surface area contributed by atoms with Gasteiger partial charge in [0.05, 0.1) is 5.56 Å². The molecular formula is C14H17F3N2. The van der Waals surface area contributed by atoms with E-state index in [9.17, 15) is 13.2 Å². The van der Waals surface area contributed by atoms with Gasteiger partial charge in [0.15, 0.2) is 0 Å². The van der Waals surface area contributed by atoms with Crippen LogP contribution in [0.2, 0.25) is 0 Å². The van der Waals surface area contributed by atoms with Gasteiger partial charge < -0.3 is 10.2 Å². The van der Waals surface area contributed by atoms with Crippen molar-refractivity contribution >= 4 is 5.69 Å². The number of nitrogens with one attached hydrogen (secondary N) is 1. The Bertz CT molecular complexity index is 458. The summed E-state index contributed by atoms with van der Waals surface area (Å²) in [6, 6.07) is 6.49. The number of piperazine rings is 1. The Morgan fingerprint density at radius 2 is 2.05 bits per heavy atom. The minimum atomic E-state index is -4.26. The van der Waals surface area contributed by atoms with Crippen LogP contribution < -0.4 is 10.2 Å². The molecule has 104 valence electrons. The Balaban J connectivity index is 1.89. The number of hydrogen-bond acceptors (Lipinski definition) is 2. The van der Waals surface area contributed by atoms with Gasteiger partial charge in [0.1, 0.15) is 0 Å². The molecule has 2 fully saturated rings. The number of nitrogens with zero attached hydrogens (tertiary/aromatic N) is 1. The zero-order chi connectivity index (χ0) is 13.5. The van der Waals surface area contributed by atoms with Crippen molar-refractivity contribution in [2.45, 2.75) is 37.5 Å². The summed E-state index contributed by atoms with van der Waals surface area (Å²) in [5.74, 6) is 0. The maximum Gasteiger partial charge on any atom is 0.416 e. The van der Waals surface area contributed by atoms with Crippen LogP contribution in [-0.2, 0) is 6.18 Å². The average Bonchev–Trinajstić information content (AvgIpc) is 2.86. The summed E-state index contributed by atoms with van der Waals surface area (Å²) in [6.45, 7) is 1.62. The molecule has 0 amide bonds. The number of benzene rings is 1. The fourth-order valence-corrected chi connectivity index (χ4v) is 3.27. The molecule has 1 saturated heterocycles. The van der Waals surface area contributed by atoms with Crippen LogP contribution in [0, 0.1) is 0 Å². The van der Waals surface area contributed by atoms with Gasteiger partial charge in [0.2, 0.25) is 0 Å². The van der Waals surface area contributed by atoms with Crippen molar-refractivity contribution < 1.29 is 13.2 Å². The van der Waals surface area contributed by atoms with Crippen LogP contribution in [-0.4, -0.2) is 25.2 Å². The Morgan fingerprint density at radius 3 is 2.84 bits per heavy atom. The molecule has 1 saturated carbocycles. The number of rotatable bonds is 1. The van der Waals surface area contributed by atoms with Crippen molar-refractivity contribution in [1.29, 1.82) is 0 Å². The molecule has 2 atom stereocenters. The summed E-state index contributed by atoms with van der Waals surface area (Å²) in [6.07, 6.45) is -0.926. The van der Waals surface area contributed by atoms with E-state index in [1.165, 1.54) is 12.1 Å². The lowest BCUT2D eigenvalue weighted by Crippen LogP contribution is -2.55. The predicted molar refractivity (Wildman–Crippen MR) is 68.2 cm³/mol. The molecule has 3 rings (SSSR count). The van der Waals surface area contributed by atoms with Crippen molar-refractivity contribution in [3.8, 4) is 0 Å². The van der Waals surface area contributed by atoms with E-state index in [4.69, 9.17) is 0 Å². The van der Waals surface area contributed by atoms with Crippen LogP contribution >= 0.6 is 0 Å². The number of fused-ring (bicyclic) bond motifs is 1. The van der Waals surface area contributed by atoms with E-state index in [1.54, 1.807) is 6.07 Å². The fraction of sp³-hybridized carbons (Fsp3) is 0.571. The molecule has 2 aliphatic rings. The summed E-state index contributed by atoms with van der Waals surface area (Å²) >= 11 is 0. The summed E-state index contributed by atoms with van der Waals surface area (Å²) in [4.78, 5) is 2.14. The number of hydrogen-bond donors (Lipinski definition) is 1. The van der Waals surface area contributed by atoms with Crippen molar-refractivity contribution in [1.82, 2.24) is 5.32 Å². The minimum absolute atomic E-state index is 0.345. The van der Waals surface area contributed by atoms with Crippen molar-refractivity contribution in [2.24, 2.45) is 0 Å². The molecule has 1 aliphatic heterocycles. The first kappa shape index (κ1) is 12.8. The molecule has 2 nitrogen and oxygen atoms in total. The molecule has 0 radical (unpaired) electrons. The second-order valence-electron chi connectivity index (χ2n) is 5.30. The summed E-state index contributed by atoms with van der Waals surface area (Å²) in [7, 11) is 0. The molecule has 0 spiro atoms. The van der Waals surface area contributed by atoms with Crippen molar-refractivity contribution in [3.63, 3.8) is 0 Å². The highest BCUT2D eigenvalue weighted by Gasteiger charge is 2.36. The van der Waals surface area contributed by atoms with Gasteiger partial charge >= 0.3 is 6.18 Å². The molecule has 1 aliphatic carbocycles. The SMILES string of the molecule is FC(F)(F)c1cccc(N2CCNC3CCCC32)c1. The topological polar surface area (TPSA) is 15.3 Å². The standard InChI is InChI=1S/C14H17F3N2/c15-14(16,17)10-3-1-4-11(9-10)19-8-7-18-12-5-2-6-13(12)19/h1,3-4,9,12-13,18H,2,5-8H2. The van der Waals surface area contributed by atoms with E-state index in [-0.39, 0.29) is 0 Å². The first-order chi connectivity index (χ1) is 9.05. The Hall–Kier alpha value is -1.23. The van der Waals surface area contributed by atoms with E-state index < -0.39 is 11.7 Å². The third kappa shape index (κ3) is 2.43. The number of anilines is 1. The molecule has 1 aromatic carbocycles. The lowest BCUT2D eigenvalue weighted by atomic mass is 10.1. The lowest BCUT2D eigenvalue weighted by molar-refractivity contribution is -0.137. The number of alkyl halides is 3. The average molecular weight is 270 g/mol. The third-order valence-corrected chi connectivity index (χ3v) is 4.14. The maximum atomic E-state index is 12.8. The second-order valence-corrected chi connectivity index (χ2v) is 5.30. The van der Waals surface area contributed by atoms with E-state index in [1.807, 2.05) is 0 Å². The summed E-state index contributed by atoms with van der Waals surface area (Å²) < 4.78 is 38.3. The quantitative estimate of drug-likeness (QED) is 0.844. The molecule has 1 N–H and O–H groups in total. The van der Waals surface area contributed by atoms with E-state index in [2.05, 4.69) is 10.2 Å².